The molecule has 3 rings (SSSR count). The van der Waals surface area contributed by atoms with Crippen LogP contribution in [0.2, 0.25) is 0 Å². The predicted octanol–water partition coefficient (Wildman–Crippen LogP) is 5.16. The molecule has 26 heavy (non-hydrogen) atoms. The summed E-state index contributed by atoms with van der Waals surface area (Å²) in [6.07, 6.45) is 2.97. The Hall–Kier alpha value is -2.21. The van der Waals surface area contributed by atoms with Crippen molar-refractivity contribution >= 4 is 22.7 Å². The van der Waals surface area contributed by atoms with Gasteiger partial charge in [0.05, 0.1) is 10.9 Å². The van der Waals surface area contributed by atoms with Gasteiger partial charge in [-0.1, -0.05) is 43.7 Å². The fraction of sp³-hybridized carbons (Fsp3) is 0.300. The summed E-state index contributed by atoms with van der Waals surface area (Å²) in [5, 5.41) is 1.17. The number of para-hydroxylation sites is 1. The maximum Gasteiger partial charge on any atom is 0.262 e. The quantitative estimate of drug-likeness (QED) is 0.326. The SMILES string of the molecule is CCCCCn1c(SCc2cc(F)cc(F)c2)nc2ccccc2c1=O. The molecule has 2 aromatic carbocycles. The van der Waals surface area contributed by atoms with E-state index in [1.807, 2.05) is 12.1 Å². The summed E-state index contributed by atoms with van der Waals surface area (Å²) in [5.74, 6) is -0.868. The zero-order valence-electron chi connectivity index (χ0n) is 14.5. The van der Waals surface area contributed by atoms with E-state index in [4.69, 9.17) is 0 Å². The van der Waals surface area contributed by atoms with Gasteiger partial charge in [-0.3, -0.25) is 9.36 Å². The Morgan fingerprint density at radius 1 is 1.08 bits per heavy atom. The van der Waals surface area contributed by atoms with Crippen molar-refractivity contribution in [1.82, 2.24) is 9.55 Å². The summed E-state index contributed by atoms with van der Waals surface area (Å²) in [6, 6.07) is 10.7. The van der Waals surface area contributed by atoms with E-state index >= 15 is 0 Å². The number of unbranched alkanes of at least 4 members (excludes halogenated alkanes) is 2. The maximum atomic E-state index is 13.4. The lowest BCUT2D eigenvalue weighted by atomic mass is 10.2. The molecule has 0 saturated carbocycles. The Balaban J connectivity index is 1.94. The smallest absolute Gasteiger partial charge is 0.262 e. The molecule has 3 nitrogen and oxygen atoms in total. The fourth-order valence-corrected chi connectivity index (χ4v) is 3.77. The predicted molar refractivity (Wildman–Crippen MR) is 101 cm³/mol. The number of aromatic nitrogens is 2. The Morgan fingerprint density at radius 2 is 1.81 bits per heavy atom. The van der Waals surface area contributed by atoms with Crippen molar-refractivity contribution in [3.63, 3.8) is 0 Å². The van der Waals surface area contributed by atoms with Crippen molar-refractivity contribution in [2.24, 2.45) is 0 Å². The highest BCUT2D eigenvalue weighted by Crippen LogP contribution is 2.23. The van der Waals surface area contributed by atoms with Crippen LogP contribution in [-0.4, -0.2) is 9.55 Å². The van der Waals surface area contributed by atoms with Crippen LogP contribution in [0.25, 0.3) is 10.9 Å². The number of fused-ring (bicyclic) bond motifs is 1. The molecule has 0 amide bonds. The average molecular weight is 374 g/mol. The van der Waals surface area contributed by atoms with Gasteiger partial charge in [-0.05, 0) is 36.2 Å². The zero-order chi connectivity index (χ0) is 18.5. The first-order valence-electron chi connectivity index (χ1n) is 8.66. The Bertz CT molecular complexity index is 951. The molecule has 0 atom stereocenters. The molecule has 0 spiro atoms. The van der Waals surface area contributed by atoms with Gasteiger partial charge in [0.15, 0.2) is 5.16 Å². The molecule has 1 heterocycles. The minimum atomic E-state index is -0.604. The summed E-state index contributed by atoms with van der Waals surface area (Å²) >= 11 is 1.32. The van der Waals surface area contributed by atoms with E-state index in [1.54, 1.807) is 16.7 Å². The van der Waals surface area contributed by atoms with Crippen LogP contribution in [0, 0.1) is 11.6 Å². The second-order valence-corrected chi connectivity index (χ2v) is 7.08. The first-order valence-corrected chi connectivity index (χ1v) is 9.64. The number of nitrogens with zero attached hydrogens (tertiary/aromatic N) is 2. The van der Waals surface area contributed by atoms with Crippen LogP contribution in [0.1, 0.15) is 31.7 Å². The molecular weight excluding hydrogens is 354 g/mol. The Morgan fingerprint density at radius 3 is 2.54 bits per heavy atom. The van der Waals surface area contributed by atoms with Crippen LogP contribution < -0.4 is 5.56 Å². The van der Waals surface area contributed by atoms with Crippen molar-refractivity contribution in [2.75, 3.05) is 0 Å². The molecular formula is C20H20F2N2OS. The lowest BCUT2D eigenvalue weighted by Crippen LogP contribution is -2.23. The van der Waals surface area contributed by atoms with Crippen molar-refractivity contribution in [2.45, 2.75) is 43.6 Å². The van der Waals surface area contributed by atoms with Crippen LogP contribution in [0.15, 0.2) is 52.4 Å². The third-order valence-electron chi connectivity index (χ3n) is 4.10. The highest BCUT2D eigenvalue weighted by atomic mass is 32.2. The Labute approximate surface area is 155 Å². The van der Waals surface area contributed by atoms with Crippen LogP contribution >= 0.6 is 11.8 Å². The van der Waals surface area contributed by atoms with Gasteiger partial charge in [0.25, 0.3) is 5.56 Å². The zero-order valence-corrected chi connectivity index (χ0v) is 15.4. The largest absolute Gasteiger partial charge is 0.287 e. The molecule has 0 fully saturated rings. The minimum absolute atomic E-state index is 0.0698. The average Bonchev–Trinajstić information content (AvgIpc) is 2.61. The van der Waals surface area contributed by atoms with Crippen LogP contribution in [-0.2, 0) is 12.3 Å². The normalized spacial score (nSPS) is 11.2. The first-order chi connectivity index (χ1) is 12.6. The molecule has 3 aromatic rings. The van der Waals surface area contributed by atoms with Crippen molar-refractivity contribution in [3.8, 4) is 0 Å². The van der Waals surface area contributed by atoms with Gasteiger partial charge >= 0.3 is 0 Å². The van der Waals surface area contributed by atoms with Gasteiger partial charge in [0.2, 0.25) is 0 Å². The van der Waals surface area contributed by atoms with Crippen molar-refractivity contribution in [1.29, 1.82) is 0 Å². The first kappa shape index (κ1) is 18.6. The van der Waals surface area contributed by atoms with E-state index < -0.39 is 11.6 Å². The molecule has 0 bridgehead atoms. The molecule has 136 valence electrons. The molecule has 0 saturated heterocycles. The number of halogens is 2. The highest BCUT2D eigenvalue weighted by molar-refractivity contribution is 7.98. The monoisotopic (exact) mass is 374 g/mol. The molecule has 0 N–H and O–H groups in total. The van der Waals surface area contributed by atoms with Crippen LogP contribution in [0.4, 0.5) is 8.78 Å². The molecule has 1 aromatic heterocycles. The summed E-state index contributed by atoms with van der Waals surface area (Å²) < 4.78 is 28.5. The van der Waals surface area contributed by atoms with Gasteiger partial charge in [0.1, 0.15) is 11.6 Å². The summed E-state index contributed by atoms with van der Waals surface area (Å²) in [4.78, 5) is 17.5. The van der Waals surface area contributed by atoms with E-state index in [-0.39, 0.29) is 5.56 Å². The number of hydrogen-bond donors (Lipinski definition) is 0. The molecule has 0 aliphatic carbocycles. The van der Waals surface area contributed by atoms with Gasteiger partial charge in [-0.15, -0.1) is 0 Å². The molecule has 0 radical (unpaired) electrons. The molecule has 0 aliphatic heterocycles. The Kier molecular flexibility index (Phi) is 6.04. The highest BCUT2D eigenvalue weighted by Gasteiger charge is 2.12. The van der Waals surface area contributed by atoms with Crippen LogP contribution in [0.3, 0.4) is 0 Å². The third kappa shape index (κ3) is 4.30. The van der Waals surface area contributed by atoms with E-state index in [2.05, 4.69) is 11.9 Å². The van der Waals surface area contributed by atoms with Gasteiger partial charge < -0.3 is 0 Å². The van der Waals surface area contributed by atoms with E-state index in [1.165, 1.54) is 23.9 Å². The van der Waals surface area contributed by atoms with Gasteiger partial charge in [0, 0.05) is 18.4 Å². The number of benzene rings is 2. The summed E-state index contributed by atoms with van der Waals surface area (Å²) in [5.41, 5.74) is 1.09. The number of thioether (sulfide) groups is 1. The fourth-order valence-electron chi connectivity index (χ4n) is 2.82. The standard InChI is InChI=1S/C20H20F2N2OS/c1-2-3-6-9-24-19(25)17-7-4-5-8-18(17)23-20(24)26-13-14-10-15(21)12-16(22)11-14/h4-5,7-8,10-12H,2-3,6,9,13H2,1H3. The summed E-state index contributed by atoms with van der Waals surface area (Å²) in [6.45, 7) is 2.69. The number of rotatable bonds is 7. The van der Waals surface area contributed by atoms with Crippen LogP contribution in [0.5, 0.6) is 0 Å². The summed E-state index contributed by atoms with van der Waals surface area (Å²) in [7, 11) is 0. The third-order valence-corrected chi connectivity index (χ3v) is 5.15. The number of hydrogen-bond acceptors (Lipinski definition) is 3. The van der Waals surface area contributed by atoms with Gasteiger partial charge in [-0.2, -0.15) is 0 Å². The minimum Gasteiger partial charge on any atom is -0.287 e. The molecule has 0 unspecified atom stereocenters. The second kappa shape index (κ2) is 8.45. The maximum absolute atomic E-state index is 13.4. The van der Waals surface area contributed by atoms with Crippen molar-refractivity contribution in [3.05, 3.63) is 70.0 Å². The lowest BCUT2D eigenvalue weighted by Gasteiger charge is -2.13. The topological polar surface area (TPSA) is 34.9 Å². The lowest BCUT2D eigenvalue weighted by molar-refractivity contribution is 0.541. The molecule has 6 heteroatoms. The molecule has 0 aliphatic rings. The van der Waals surface area contributed by atoms with Gasteiger partial charge in [-0.25, -0.2) is 13.8 Å². The van der Waals surface area contributed by atoms with E-state index in [0.29, 0.717) is 33.9 Å². The van der Waals surface area contributed by atoms with Crippen molar-refractivity contribution < 1.29 is 8.78 Å². The van der Waals surface area contributed by atoms with E-state index in [0.717, 1.165) is 25.3 Å². The van der Waals surface area contributed by atoms with E-state index in [9.17, 15) is 13.6 Å². The second-order valence-electron chi connectivity index (χ2n) is 6.14.